The number of benzene rings is 2. The highest BCUT2D eigenvalue weighted by Gasteiger charge is 2.17. The molecule has 0 fully saturated rings. The molecule has 0 spiro atoms. The van der Waals surface area contributed by atoms with Crippen molar-refractivity contribution < 1.29 is 9.90 Å². The van der Waals surface area contributed by atoms with E-state index in [1.165, 1.54) is 12.8 Å². The minimum Gasteiger partial charge on any atom is -0.507 e. The lowest BCUT2D eigenvalue weighted by Gasteiger charge is -2.11. The Kier molecular flexibility index (Phi) is 6.23. The van der Waals surface area contributed by atoms with Crippen molar-refractivity contribution >= 4 is 17.4 Å². The number of carbonyl (C=O) groups is 1. The first-order valence-corrected chi connectivity index (χ1v) is 8.53. The Morgan fingerprint density at radius 3 is 2.43 bits per heavy atom. The molecule has 0 aromatic heterocycles. The van der Waals surface area contributed by atoms with Gasteiger partial charge < -0.3 is 5.11 Å². The van der Waals surface area contributed by atoms with Crippen molar-refractivity contribution in [3.05, 3.63) is 63.7 Å². The van der Waals surface area contributed by atoms with Crippen LogP contribution in [0.15, 0.2) is 36.4 Å². The van der Waals surface area contributed by atoms with E-state index in [0.717, 1.165) is 30.4 Å². The van der Waals surface area contributed by atoms with Crippen LogP contribution in [0.5, 0.6) is 5.75 Å². The van der Waals surface area contributed by atoms with Crippen LogP contribution in [-0.4, -0.2) is 10.9 Å². The molecule has 122 valence electrons. The van der Waals surface area contributed by atoms with E-state index in [2.05, 4.69) is 6.92 Å². The van der Waals surface area contributed by atoms with Gasteiger partial charge in [0.15, 0.2) is 5.78 Å². The van der Waals surface area contributed by atoms with Gasteiger partial charge in [0.05, 0.1) is 5.56 Å². The maximum atomic E-state index is 12.6. The Hall–Kier alpha value is -1.80. The summed E-state index contributed by atoms with van der Waals surface area (Å²) >= 11 is 6.16. The quantitative estimate of drug-likeness (QED) is 0.521. The fraction of sp³-hybridized carbons (Fsp3) is 0.350. The summed E-state index contributed by atoms with van der Waals surface area (Å²) in [6.45, 7) is 4.13. The Bertz CT molecular complexity index is 675. The largest absolute Gasteiger partial charge is 0.507 e. The van der Waals surface area contributed by atoms with Crippen molar-refractivity contribution in [2.75, 3.05) is 0 Å². The molecule has 0 heterocycles. The summed E-state index contributed by atoms with van der Waals surface area (Å²) in [6.07, 6.45) is 5.18. The van der Waals surface area contributed by atoms with Gasteiger partial charge in [0, 0.05) is 10.6 Å². The number of phenolic OH excluding ortho intramolecular Hbond substituents is 1. The summed E-state index contributed by atoms with van der Waals surface area (Å²) in [5, 5.41) is 11.0. The second kappa shape index (κ2) is 8.16. The Labute approximate surface area is 143 Å². The number of halogens is 1. The number of phenols is 1. The monoisotopic (exact) mass is 330 g/mol. The van der Waals surface area contributed by atoms with E-state index in [9.17, 15) is 9.90 Å². The first-order valence-electron chi connectivity index (χ1n) is 8.15. The maximum Gasteiger partial charge on any atom is 0.196 e. The van der Waals surface area contributed by atoms with Crippen LogP contribution in [0.4, 0.5) is 0 Å². The molecule has 2 aromatic carbocycles. The van der Waals surface area contributed by atoms with Gasteiger partial charge in [-0.05, 0) is 37.5 Å². The van der Waals surface area contributed by atoms with Gasteiger partial charge >= 0.3 is 0 Å². The van der Waals surface area contributed by atoms with Crippen molar-refractivity contribution in [1.29, 1.82) is 0 Å². The standard InChI is InChI=1S/C20H23ClO2/c1-3-4-5-6-7-16-12-17(21)13-18(20(16)23)19(22)15-10-8-14(2)9-11-15/h8-13,23H,3-7H2,1-2H3. The van der Waals surface area contributed by atoms with E-state index in [0.29, 0.717) is 10.6 Å². The van der Waals surface area contributed by atoms with Gasteiger partial charge in [-0.1, -0.05) is 67.6 Å². The highest BCUT2D eigenvalue weighted by atomic mass is 35.5. The van der Waals surface area contributed by atoms with Crippen molar-refractivity contribution in [2.24, 2.45) is 0 Å². The predicted octanol–water partition coefficient (Wildman–Crippen LogP) is 5.71. The molecule has 0 aliphatic heterocycles. The molecule has 2 nitrogen and oxygen atoms in total. The van der Waals surface area contributed by atoms with E-state index in [-0.39, 0.29) is 17.1 Å². The SMILES string of the molecule is CCCCCCc1cc(Cl)cc(C(=O)c2ccc(C)cc2)c1O. The van der Waals surface area contributed by atoms with Crippen LogP contribution < -0.4 is 0 Å². The lowest BCUT2D eigenvalue weighted by Crippen LogP contribution is -2.03. The molecule has 23 heavy (non-hydrogen) atoms. The third-order valence-electron chi connectivity index (χ3n) is 4.01. The highest BCUT2D eigenvalue weighted by molar-refractivity contribution is 6.31. The molecule has 0 atom stereocenters. The first kappa shape index (κ1) is 17.6. The number of aryl methyl sites for hydroxylation is 2. The zero-order valence-electron chi connectivity index (χ0n) is 13.7. The van der Waals surface area contributed by atoms with Gasteiger partial charge in [-0.3, -0.25) is 4.79 Å². The van der Waals surface area contributed by atoms with Gasteiger partial charge in [0.25, 0.3) is 0 Å². The molecule has 0 aliphatic rings. The van der Waals surface area contributed by atoms with Gasteiger partial charge in [-0.2, -0.15) is 0 Å². The second-order valence-corrected chi connectivity index (χ2v) is 6.40. The molecule has 0 saturated heterocycles. The topological polar surface area (TPSA) is 37.3 Å². The van der Waals surface area contributed by atoms with Crippen molar-refractivity contribution in [3.63, 3.8) is 0 Å². The van der Waals surface area contributed by atoms with Gasteiger partial charge in [0.2, 0.25) is 0 Å². The minimum absolute atomic E-state index is 0.0662. The van der Waals surface area contributed by atoms with Crippen LogP contribution in [0.1, 0.15) is 59.7 Å². The molecule has 0 saturated carbocycles. The summed E-state index contributed by atoms with van der Waals surface area (Å²) in [6, 6.07) is 10.6. The van der Waals surface area contributed by atoms with E-state index in [1.807, 2.05) is 19.1 Å². The molecule has 0 amide bonds. The normalized spacial score (nSPS) is 10.7. The Morgan fingerprint density at radius 2 is 1.78 bits per heavy atom. The van der Waals surface area contributed by atoms with E-state index < -0.39 is 0 Å². The molecule has 3 heteroatoms. The molecule has 2 rings (SSSR count). The summed E-state index contributed by atoms with van der Waals surface area (Å²) in [5.41, 5.74) is 2.69. The number of ketones is 1. The fourth-order valence-corrected chi connectivity index (χ4v) is 2.86. The van der Waals surface area contributed by atoms with Gasteiger partial charge in [0.1, 0.15) is 5.75 Å². The van der Waals surface area contributed by atoms with Gasteiger partial charge in [-0.25, -0.2) is 0 Å². The van der Waals surface area contributed by atoms with E-state index in [1.54, 1.807) is 24.3 Å². The zero-order valence-corrected chi connectivity index (χ0v) is 14.5. The maximum absolute atomic E-state index is 12.6. The average Bonchev–Trinajstić information content (AvgIpc) is 2.54. The lowest BCUT2D eigenvalue weighted by molar-refractivity contribution is 0.103. The number of aromatic hydroxyl groups is 1. The molecular formula is C20H23ClO2. The first-order chi connectivity index (χ1) is 11.0. The third-order valence-corrected chi connectivity index (χ3v) is 4.23. The molecule has 0 radical (unpaired) electrons. The highest BCUT2D eigenvalue weighted by Crippen LogP contribution is 2.30. The predicted molar refractivity (Wildman–Crippen MR) is 95.6 cm³/mol. The van der Waals surface area contributed by atoms with Gasteiger partial charge in [-0.15, -0.1) is 0 Å². The molecule has 0 aliphatic carbocycles. The van der Waals surface area contributed by atoms with Crippen LogP contribution in [0.3, 0.4) is 0 Å². The minimum atomic E-state index is -0.195. The van der Waals surface area contributed by atoms with Crippen LogP contribution in [0, 0.1) is 6.92 Å². The average molecular weight is 331 g/mol. The summed E-state index contributed by atoms with van der Waals surface area (Å²) in [5.74, 6) is -0.128. The number of rotatable bonds is 7. The van der Waals surface area contributed by atoms with Crippen LogP contribution in [0.25, 0.3) is 0 Å². The van der Waals surface area contributed by atoms with Crippen molar-refractivity contribution in [3.8, 4) is 5.75 Å². The number of hydrogen-bond donors (Lipinski definition) is 1. The van der Waals surface area contributed by atoms with Crippen molar-refractivity contribution in [2.45, 2.75) is 46.0 Å². The Morgan fingerprint density at radius 1 is 1.09 bits per heavy atom. The number of unbranched alkanes of at least 4 members (excludes halogenated alkanes) is 3. The smallest absolute Gasteiger partial charge is 0.196 e. The van der Waals surface area contributed by atoms with Crippen LogP contribution >= 0.6 is 11.6 Å². The molecular weight excluding hydrogens is 308 g/mol. The molecule has 0 bridgehead atoms. The fourth-order valence-electron chi connectivity index (χ4n) is 2.62. The third kappa shape index (κ3) is 4.59. The number of carbonyl (C=O) groups excluding carboxylic acids is 1. The zero-order chi connectivity index (χ0) is 16.8. The second-order valence-electron chi connectivity index (χ2n) is 5.97. The lowest BCUT2D eigenvalue weighted by atomic mass is 9.97. The van der Waals surface area contributed by atoms with Crippen molar-refractivity contribution in [1.82, 2.24) is 0 Å². The molecule has 2 aromatic rings. The van der Waals surface area contributed by atoms with E-state index >= 15 is 0 Å². The van der Waals surface area contributed by atoms with Crippen LogP contribution in [-0.2, 0) is 6.42 Å². The summed E-state index contributed by atoms with van der Waals surface area (Å²) < 4.78 is 0. The summed E-state index contributed by atoms with van der Waals surface area (Å²) in [4.78, 5) is 12.6. The summed E-state index contributed by atoms with van der Waals surface area (Å²) in [7, 11) is 0. The van der Waals surface area contributed by atoms with E-state index in [4.69, 9.17) is 11.6 Å². The Balaban J connectivity index is 2.26. The number of hydrogen-bond acceptors (Lipinski definition) is 2. The molecule has 0 unspecified atom stereocenters. The van der Waals surface area contributed by atoms with Crippen LogP contribution in [0.2, 0.25) is 5.02 Å². The molecule has 1 N–H and O–H groups in total.